The van der Waals surface area contributed by atoms with Gasteiger partial charge in [0.1, 0.15) is 11.6 Å². The van der Waals surface area contributed by atoms with Crippen LogP contribution in [-0.2, 0) is 17.6 Å². The molecule has 0 fully saturated rings. The van der Waals surface area contributed by atoms with E-state index in [2.05, 4.69) is 17.6 Å². The molecule has 7 heteroatoms. The zero-order valence-electron chi connectivity index (χ0n) is 16.6. The minimum Gasteiger partial charge on any atom is -0.485 e. The van der Waals surface area contributed by atoms with E-state index in [4.69, 9.17) is 9.47 Å². The molecule has 2 heterocycles. The van der Waals surface area contributed by atoms with Crippen LogP contribution in [0.5, 0.6) is 11.5 Å². The monoisotopic (exact) mass is 414 g/mol. The molecule has 2 amide bonds. The average Bonchev–Trinajstić information content (AvgIpc) is 3.11. The van der Waals surface area contributed by atoms with Crippen LogP contribution in [-0.4, -0.2) is 31.1 Å². The van der Waals surface area contributed by atoms with Gasteiger partial charge in [-0.2, -0.15) is 0 Å². The highest BCUT2D eigenvalue weighted by Gasteiger charge is 2.31. The van der Waals surface area contributed by atoms with Crippen LogP contribution >= 0.6 is 11.3 Å². The van der Waals surface area contributed by atoms with Crippen molar-refractivity contribution in [1.82, 2.24) is 5.32 Å². The third-order valence-corrected chi connectivity index (χ3v) is 6.46. The van der Waals surface area contributed by atoms with Gasteiger partial charge in [0.15, 0.2) is 11.5 Å². The summed E-state index contributed by atoms with van der Waals surface area (Å²) < 4.78 is 11.5. The van der Waals surface area contributed by atoms with E-state index < -0.39 is 6.10 Å². The maximum atomic E-state index is 12.9. The second-order valence-corrected chi connectivity index (χ2v) is 8.48. The van der Waals surface area contributed by atoms with Crippen LogP contribution in [0.4, 0.5) is 5.00 Å². The minimum absolute atomic E-state index is 0.0979. The van der Waals surface area contributed by atoms with Crippen LogP contribution in [0, 0.1) is 0 Å². The van der Waals surface area contributed by atoms with Crippen LogP contribution < -0.4 is 20.1 Å². The molecule has 1 aromatic heterocycles. The number of benzene rings is 1. The molecule has 0 saturated carbocycles. The Morgan fingerprint density at radius 3 is 2.79 bits per heavy atom. The number of hydrogen-bond acceptors (Lipinski definition) is 5. The van der Waals surface area contributed by atoms with E-state index in [9.17, 15) is 9.59 Å². The Kier molecular flexibility index (Phi) is 6.04. The lowest BCUT2D eigenvalue weighted by molar-refractivity contribution is -0.125. The molecule has 1 aromatic carbocycles. The lowest BCUT2D eigenvalue weighted by atomic mass is 9.95. The van der Waals surface area contributed by atoms with Gasteiger partial charge in [-0.25, -0.2) is 0 Å². The number of rotatable bonds is 6. The molecule has 1 aliphatic carbocycles. The lowest BCUT2D eigenvalue weighted by Gasteiger charge is -2.25. The highest BCUT2D eigenvalue weighted by Crippen LogP contribution is 2.38. The first-order valence-electron chi connectivity index (χ1n) is 10.3. The number of nitrogens with one attached hydrogen (secondary N) is 2. The Morgan fingerprint density at radius 1 is 1.17 bits per heavy atom. The van der Waals surface area contributed by atoms with Crippen LogP contribution in [0.1, 0.15) is 53.4 Å². The van der Waals surface area contributed by atoms with Gasteiger partial charge in [0.25, 0.3) is 11.8 Å². The van der Waals surface area contributed by atoms with Crippen molar-refractivity contribution in [3.05, 3.63) is 40.3 Å². The predicted octanol–water partition coefficient (Wildman–Crippen LogP) is 3.94. The van der Waals surface area contributed by atoms with E-state index in [0.29, 0.717) is 28.6 Å². The standard InChI is InChI=1S/C22H26N2O4S/c1-2-3-12-23-21(26)19-14-8-4-7-11-18(14)29-22(19)24-20(25)17-13-27-15-9-5-6-10-16(15)28-17/h5-6,9-10,17H,2-4,7-8,11-13H2,1H3,(H,23,26)(H,24,25)/t17-/m1/s1. The van der Waals surface area contributed by atoms with Gasteiger partial charge in [-0.1, -0.05) is 25.5 Å². The molecular formula is C22H26N2O4S. The van der Waals surface area contributed by atoms with Crippen molar-refractivity contribution in [2.45, 2.75) is 51.6 Å². The molecular weight excluding hydrogens is 388 g/mol. The highest BCUT2D eigenvalue weighted by molar-refractivity contribution is 7.17. The van der Waals surface area contributed by atoms with Gasteiger partial charge in [-0.3, -0.25) is 9.59 Å². The third kappa shape index (κ3) is 4.24. The van der Waals surface area contributed by atoms with Gasteiger partial charge in [0, 0.05) is 11.4 Å². The van der Waals surface area contributed by atoms with Gasteiger partial charge in [-0.15, -0.1) is 11.3 Å². The molecule has 1 aliphatic heterocycles. The molecule has 154 valence electrons. The number of amides is 2. The number of thiophene rings is 1. The van der Waals surface area contributed by atoms with Crippen molar-refractivity contribution >= 4 is 28.2 Å². The van der Waals surface area contributed by atoms with Gasteiger partial charge in [0.05, 0.1) is 5.56 Å². The van der Waals surface area contributed by atoms with Crippen LogP contribution in [0.25, 0.3) is 0 Å². The number of carbonyl (C=O) groups excluding carboxylic acids is 2. The van der Waals surface area contributed by atoms with E-state index in [1.165, 1.54) is 16.2 Å². The summed E-state index contributed by atoms with van der Waals surface area (Å²) in [5, 5.41) is 6.58. The van der Waals surface area contributed by atoms with Crippen molar-refractivity contribution in [2.24, 2.45) is 0 Å². The molecule has 2 aromatic rings. The molecule has 6 nitrogen and oxygen atoms in total. The molecule has 2 N–H and O–H groups in total. The van der Waals surface area contributed by atoms with E-state index >= 15 is 0 Å². The number of unbranched alkanes of at least 4 members (excludes halogenated alkanes) is 1. The summed E-state index contributed by atoms with van der Waals surface area (Å²) in [5.74, 6) is 0.807. The number of ether oxygens (including phenoxy) is 2. The first-order valence-corrected chi connectivity index (χ1v) is 11.1. The highest BCUT2D eigenvalue weighted by atomic mass is 32.1. The molecule has 2 aliphatic rings. The predicted molar refractivity (Wildman–Crippen MR) is 113 cm³/mol. The lowest BCUT2D eigenvalue weighted by Crippen LogP contribution is -2.40. The minimum atomic E-state index is -0.750. The Morgan fingerprint density at radius 2 is 1.97 bits per heavy atom. The van der Waals surface area contributed by atoms with Crippen LogP contribution in [0.2, 0.25) is 0 Å². The third-order valence-electron chi connectivity index (χ3n) is 5.25. The largest absolute Gasteiger partial charge is 0.485 e. The fourth-order valence-corrected chi connectivity index (χ4v) is 4.99. The molecule has 0 unspecified atom stereocenters. The average molecular weight is 415 g/mol. The molecule has 0 bridgehead atoms. The summed E-state index contributed by atoms with van der Waals surface area (Å²) in [5.41, 5.74) is 1.72. The number of fused-ring (bicyclic) bond motifs is 2. The first kappa shape index (κ1) is 19.8. The summed E-state index contributed by atoms with van der Waals surface area (Å²) in [6.45, 7) is 2.88. The molecule has 4 rings (SSSR count). The Bertz CT molecular complexity index is 908. The smallest absolute Gasteiger partial charge is 0.269 e. The fraction of sp³-hybridized carbons (Fsp3) is 0.455. The normalized spacial score (nSPS) is 17.3. The Hall–Kier alpha value is -2.54. The molecule has 1 atom stereocenters. The van der Waals surface area contributed by atoms with Crippen molar-refractivity contribution in [3.63, 3.8) is 0 Å². The fourth-order valence-electron chi connectivity index (χ4n) is 3.70. The second-order valence-electron chi connectivity index (χ2n) is 7.38. The Balaban J connectivity index is 1.52. The van der Waals surface area contributed by atoms with Crippen LogP contribution in [0.3, 0.4) is 0 Å². The van der Waals surface area contributed by atoms with E-state index in [1.807, 2.05) is 18.2 Å². The van der Waals surface area contributed by atoms with Crippen LogP contribution in [0.15, 0.2) is 24.3 Å². The van der Waals surface area contributed by atoms with Gasteiger partial charge in [-0.05, 0) is 49.8 Å². The van der Waals surface area contributed by atoms with Gasteiger partial charge in [0.2, 0.25) is 6.10 Å². The SMILES string of the molecule is CCCCNC(=O)c1c(NC(=O)[C@H]2COc3ccccc3O2)sc2c1CCCC2. The molecule has 0 radical (unpaired) electrons. The van der Waals surface area contributed by atoms with Gasteiger partial charge >= 0.3 is 0 Å². The van der Waals surface area contributed by atoms with Crippen molar-refractivity contribution < 1.29 is 19.1 Å². The first-order chi connectivity index (χ1) is 14.2. The maximum Gasteiger partial charge on any atom is 0.269 e. The second kappa shape index (κ2) is 8.86. The van der Waals surface area contributed by atoms with E-state index in [0.717, 1.165) is 44.1 Å². The zero-order valence-corrected chi connectivity index (χ0v) is 17.4. The number of carbonyl (C=O) groups is 2. The molecule has 0 saturated heterocycles. The number of hydrogen-bond donors (Lipinski definition) is 2. The summed E-state index contributed by atoms with van der Waals surface area (Å²) in [6, 6.07) is 7.30. The number of para-hydroxylation sites is 2. The summed E-state index contributed by atoms with van der Waals surface area (Å²) >= 11 is 1.52. The zero-order chi connectivity index (χ0) is 20.2. The summed E-state index contributed by atoms with van der Waals surface area (Å²) in [4.78, 5) is 27.0. The van der Waals surface area contributed by atoms with Crippen molar-refractivity contribution in [3.8, 4) is 11.5 Å². The summed E-state index contributed by atoms with van der Waals surface area (Å²) in [6.07, 6.45) is 5.24. The van der Waals surface area contributed by atoms with Gasteiger partial charge < -0.3 is 20.1 Å². The van der Waals surface area contributed by atoms with E-state index in [-0.39, 0.29) is 18.4 Å². The quantitative estimate of drug-likeness (QED) is 0.702. The van der Waals surface area contributed by atoms with Crippen molar-refractivity contribution in [1.29, 1.82) is 0 Å². The Labute approximate surface area is 174 Å². The topological polar surface area (TPSA) is 76.7 Å². The maximum absolute atomic E-state index is 12.9. The van der Waals surface area contributed by atoms with E-state index in [1.54, 1.807) is 6.07 Å². The summed E-state index contributed by atoms with van der Waals surface area (Å²) in [7, 11) is 0. The molecule has 29 heavy (non-hydrogen) atoms. The number of anilines is 1. The molecule has 0 spiro atoms. The van der Waals surface area contributed by atoms with Crippen molar-refractivity contribution in [2.75, 3.05) is 18.5 Å². The number of aryl methyl sites for hydroxylation is 1.